The molecule has 0 radical (unpaired) electrons. The summed E-state index contributed by atoms with van der Waals surface area (Å²) in [5.41, 5.74) is 6.60. The zero-order valence-electron chi connectivity index (χ0n) is 21.8. The number of nitrogens with two attached hydrogens (primary N) is 1. The number of fused-ring (bicyclic) bond motifs is 1. The van der Waals surface area contributed by atoms with E-state index in [-0.39, 0.29) is 36.4 Å². The molecule has 1 aliphatic rings. The van der Waals surface area contributed by atoms with Crippen molar-refractivity contribution < 1.29 is 37.0 Å². The second kappa shape index (κ2) is 11.4. The highest BCUT2D eigenvalue weighted by Gasteiger charge is 2.40. The molecule has 2 N–H and O–H groups in total. The topological polar surface area (TPSA) is 104 Å². The zero-order valence-corrected chi connectivity index (χ0v) is 21.8. The van der Waals surface area contributed by atoms with Gasteiger partial charge in [0.25, 0.3) is 0 Å². The molecule has 3 aromatic rings. The first kappa shape index (κ1) is 28.0. The summed E-state index contributed by atoms with van der Waals surface area (Å²) < 4.78 is 53.3. The van der Waals surface area contributed by atoms with Crippen LogP contribution >= 0.6 is 0 Å². The van der Waals surface area contributed by atoms with Crippen LogP contribution in [0.3, 0.4) is 0 Å². The second-order valence-corrected chi connectivity index (χ2v) is 9.63. The summed E-state index contributed by atoms with van der Waals surface area (Å²) >= 11 is 0. The van der Waals surface area contributed by atoms with E-state index in [1.807, 2.05) is 13.8 Å². The van der Waals surface area contributed by atoms with Crippen molar-refractivity contribution >= 4 is 22.6 Å². The van der Waals surface area contributed by atoms with Crippen LogP contribution in [0.5, 0.6) is 17.4 Å². The van der Waals surface area contributed by atoms with Gasteiger partial charge in [-0.15, -0.1) is 13.2 Å². The molecule has 2 heterocycles. The average molecular weight is 546 g/mol. The zero-order chi connectivity index (χ0) is 28.3. The van der Waals surface area contributed by atoms with Crippen molar-refractivity contribution in [3.8, 4) is 28.6 Å². The van der Waals surface area contributed by atoms with Crippen molar-refractivity contribution in [2.24, 2.45) is 11.7 Å². The number of amides is 2. The lowest BCUT2D eigenvalue weighted by atomic mass is 10.0. The number of hydrogen-bond donors (Lipinski definition) is 1. The molecular weight excluding hydrogens is 515 g/mol. The minimum absolute atomic E-state index is 0.156. The molecule has 0 aliphatic carbocycles. The lowest BCUT2D eigenvalue weighted by Crippen LogP contribution is -2.44. The average Bonchev–Trinajstić information content (AvgIpc) is 3.32. The normalized spacial score (nSPS) is 18.2. The first-order valence-corrected chi connectivity index (χ1v) is 12.6. The Hall–Kier alpha value is -4.02. The van der Waals surface area contributed by atoms with Crippen LogP contribution in [0.25, 0.3) is 22.0 Å². The number of carbonyl (C=O) groups excluding carboxylic acids is 2. The van der Waals surface area contributed by atoms with Gasteiger partial charge in [0, 0.05) is 23.8 Å². The van der Waals surface area contributed by atoms with Gasteiger partial charge in [0.15, 0.2) is 0 Å². The number of pyridine rings is 1. The van der Waals surface area contributed by atoms with E-state index >= 15 is 0 Å². The molecule has 1 aromatic heterocycles. The summed E-state index contributed by atoms with van der Waals surface area (Å²) in [6.07, 6.45) is -3.99. The fourth-order valence-electron chi connectivity index (χ4n) is 4.54. The smallest absolute Gasteiger partial charge is 0.497 e. The highest BCUT2D eigenvalue weighted by molar-refractivity contribution is 5.91. The fourth-order valence-corrected chi connectivity index (χ4v) is 4.54. The largest absolute Gasteiger partial charge is 0.573 e. The van der Waals surface area contributed by atoms with E-state index in [1.54, 1.807) is 24.3 Å². The molecule has 0 saturated carbocycles. The van der Waals surface area contributed by atoms with Crippen LogP contribution in [0.4, 0.5) is 13.2 Å². The number of nitrogens with zero attached hydrogens (tertiary/aromatic N) is 2. The number of primary amides is 1. The molecule has 8 nitrogen and oxygen atoms in total. The van der Waals surface area contributed by atoms with E-state index in [4.69, 9.17) is 15.2 Å². The summed E-state index contributed by atoms with van der Waals surface area (Å²) in [7, 11) is 1.54. The minimum Gasteiger partial charge on any atom is -0.497 e. The maximum atomic E-state index is 12.9. The quantitative estimate of drug-likeness (QED) is 0.402. The molecule has 1 fully saturated rings. The molecule has 11 heteroatoms. The van der Waals surface area contributed by atoms with Crippen LogP contribution in [0, 0.1) is 5.92 Å². The number of benzene rings is 2. The third kappa shape index (κ3) is 6.71. The molecule has 0 spiro atoms. The molecule has 208 valence electrons. The lowest BCUT2D eigenvalue weighted by molar-refractivity contribution is -0.274. The Morgan fingerprint density at radius 1 is 1.13 bits per heavy atom. The fraction of sp³-hybridized carbons (Fsp3) is 0.393. The van der Waals surface area contributed by atoms with Gasteiger partial charge in [0.05, 0.1) is 19.3 Å². The van der Waals surface area contributed by atoms with Crippen LogP contribution in [0.15, 0.2) is 48.5 Å². The van der Waals surface area contributed by atoms with E-state index in [1.165, 1.54) is 36.3 Å². The Balaban J connectivity index is 1.66. The van der Waals surface area contributed by atoms with Crippen molar-refractivity contribution in [3.05, 3.63) is 48.5 Å². The molecule has 2 aromatic carbocycles. The number of methoxy groups -OCH3 is 1. The number of halogens is 3. The van der Waals surface area contributed by atoms with Gasteiger partial charge < -0.3 is 24.8 Å². The highest BCUT2D eigenvalue weighted by atomic mass is 19.4. The van der Waals surface area contributed by atoms with Crippen molar-refractivity contribution in [1.29, 1.82) is 0 Å². The second-order valence-electron chi connectivity index (χ2n) is 9.63. The van der Waals surface area contributed by atoms with Gasteiger partial charge in [-0.05, 0) is 59.8 Å². The molecule has 2 amide bonds. The molecule has 4 rings (SSSR count). The monoisotopic (exact) mass is 545 g/mol. The van der Waals surface area contributed by atoms with E-state index in [0.29, 0.717) is 28.8 Å². The predicted octanol–water partition coefficient (Wildman–Crippen LogP) is 5.08. The number of likely N-dealkylation sites (tertiary alicyclic amines) is 1. The van der Waals surface area contributed by atoms with Crippen molar-refractivity contribution in [2.75, 3.05) is 13.7 Å². The van der Waals surface area contributed by atoms with Crippen molar-refractivity contribution in [2.45, 2.75) is 51.6 Å². The molecule has 0 bridgehead atoms. The summed E-state index contributed by atoms with van der Waals surface area (Å²) in [5.74, 6) is -0.0963. The standard InChI is InChI=1S/C28H30F3N3O5/c1-4-16(2)11-25(35)34-15-21(14-24(34)26(32)36)38-27-22-10-9-20(37-3)12-18(22)13-23(33-27)17-5-7-19(8-6-17)39-28(29,30)31/h5-10,12-13,16,21,24H,4,11,14-15H2,1-3H3,(H2,32,36)/t16-,21+,24-/m0/s1. The number of ether oxygens (including phenoxy) is 3. The Morgan fingerprint density at radius 3 is 2.44 bits per heavy atom. The van der Waals surface area contributed by atoms with Crippen LogP contribution in [-0.2, 0) is 9.59 Å². The van der Waals surface area contributed by atoms with Crippen LogP contribution < -0.4 is 19.9 Å². The van der Waals surface area contributed by atoms with Crippen LogP contribution in [0.1, 0.15) is 33.1 Å². The van der Waals surface area contributed by atoms with Gasteiger partial charge in [-0.1, -0.05) is 20.3 Å². The van der Waals surface area contributed by atoms with E-state index in [9.17, 15) is 22.8 Å². The minimum atomic E-state index is -4.80. The first-order valence-electron chi connectivity index (χ1n) is 12.6. The number of hydrogen-bond acceptors (Lipinski definition) is 6. The molecule has 1 aliphatic heterocycles. The summed E-state index contributed by atoms with van der Waals surface area (Å²) in [5, 5.41) is 1.38. The van der Waals surface area contributed by atoms with Crippen LogP contribution in [0.2, 0.25) is 0 Å². The van der Waals surface area contributed by atoms with Gasteiger partial charge >= 0.3 is 6.36 Å². The van der Waals surface area contributed by atoms with Gasteiger partial charge in [-0.2, -0.15) is 0 Å². The Labute approximate surface area is 223 Å². The summed E-state index contributed by atoms with van der Waals surface area (Å²) in [4.78, 5) is 31.2. The number of carbonyl (C=O) groups is 2. The van der Waals surface area contributed by atoms with E-state index < -0.39 is 24.4 Å². The van der Waals surface area contributed by atoms with Crippen molar-refractivity contribution in [1.82, 2.24) is 9.88 Å². The highest BCUT2D eigenvalue weighted by Crippen LogP contribution is 2.35. The number of aromatic nitrogens is 1. The third-order valence-corrected chi connectivity index (χ3v) is 6.80. The Morgan fingerprint density at radius 2 is 1.82 bits per heavy atom. The van der Waals surface area contributed by atoms with Gasteiger partial charge in [0.1, 0.15) is 23.6 Å². The predicted molar refractivity (Wildman–Crippen MR) is 138 cm³/mol. The Bertz CT molecular complexity index is 1350. The Kier molecular flexibility index (Phi) is 8.17. The molecule has 3 atom stereocenters. The molecule has 39 heavy (non-hydrogen) atoms. The maximum absolute atomic E-state index is 12.9. The SMILES string of the molecule is CC[C@H](C)CC(=O)N1C[C@H](Oc2nc(-c3ccc(OC(F)(F)F)cc3)cc3cc(OC)ccc23)C[C@H]1C(N)=O. The number of rotatable bonds is 9. The maximum Gasteiger partial charge on any atom is 0.573 e. The molecule has 0 unspecified atom stereocenters. The number of alkyl halides is 3. The van der Waals surface area contributed by atoms with E-state index in [2.05, 4.69) is 9.72 Å². The molecular formula is C28H30F3N3O5. The van der Waals surface area contributed by atoms with Crippen molar-refractivity contribution in [3.63, 3.8) is 0 Å². The summed E-state index contributed by atoms with van der Waals surface area (Å²) in [6, 6.07) is 11.6. The van der Waals surface area contributed by atoms with Gasteiger partial charge in [0.2, 0.25) is 17.7 Å². The van der Waals surface area contributed by atoms with E-state index in [0.717, 1.165) is 11.8 Å². The van der Waals surface area contributed by atoms with Crippen LogP contribution in [-0.4, -0.2) is 53.9 Å². The van der Waals surface area contributed by atoms with Gasteiger partial charge in [-0.25, -0.2) is 4.98 Å². The first-order chi connectivity index (χ1) is 18.5. The van der Waals surface area contributed by atoms with Gasteiger partial charge in [-0.3, -0.25) is 9.59 Å². The molecule has 1 saturated heterocycles. The summed E-state index contributed by atoms with van der Waals surface area (Å²) in [6.45, 7) is 4.14. The lowest BCUT2D eigenvalue weighted by Gasteiger charge is -2.23. The third-order valence-electron chi connectivity index (χ3n) is 6.80.